The highest BCUT2D eigenvalue weighted by Gasteiger charge is 2.28. The summed E-state index contributed by atoms with van der Waals surface area (Å²) < 4.78 is 10.8. The van der Waals surface area contributed by atoms with Gasteiger partial charge in [-0.25, -0.2) is 0 Å². The summed E-state index contributed by atoms with van der Waals surface area (Å²) in [5.41, 5.74) is 3.97. The van der Waals surface area contributed by atoms with Crippen molar-refractivity contribution < 1.29 is 18.8 Å². The molecule has 0 spiro atoms. The lowest BCUT2D eigenvalue weighted by molar-refractivity contribution is -0.121. The molecular weight excluding hydrogens is 382 g/mol. The number of benzene rings is 2. The molecule has 1 aromatic heterocycles. The zero-order chi connectivity index (χ0) is 21.1. The molecule has 154 valence electrons. The number of aromatic nitrogens is 1. The molecule has 0 atom stereocenters. The van der Waals surface area contributed by atoms with Crippen LogP contribution in [0.4, 0.5) is 11.4 Å². The molecule has 1 N–H and O–H groups in total. The summed E-state index contributed by atoms with van der Waals surface area (Å²) in [6.07, 6.45) is 1.04. The van der Waals surface area contributed by atoms with Crippen LogP contribution in [0.25, 0.3) is 0 Å². The Balaban J connectivity index is 1.50. The monoisotopic (exact) mass is 405 g/mol. The number of ether oxygens (including phenoxy) is 1. The number of amides is 2. The average molecular weight is 405 g/mol. The Morgan fingerprint density at radius 2 is 1.97 bits per heavy atom. The lowest BCUT2D eigenvalue weighted by Gasteiger charge is -2.29. The first-order valence-electron chi connectivity index (χ1n) is 9.84. The van der Waals surface area contributed by atoms with Crippen LogP contribution in [-0.4, -0.2) is 23.6 Å². The lowest BCUT2D eigenvalue weighted by Crippen LogP contribution is -2.38. The highest BCUT2D eigenvalue weighted by atomic mass is 16.5. The SMILES string of the molecule is Cc1noc(C)c1CN1C(=O)COc2ccc(NC(=O)CCc3ccccc3)cc21. The number of hydrogen-bond donors (Lipinski definition) is 1. The summed E-state index contributed by atoms with van der Waals surface area (Å²) in [4.78, 5) is 26.6. The van der Waals surface area contributed by atoms with Gasteiger partial charge < -0.3 is 19.5 Å². The Labute approximate surface area is 174 Å². The minimum absolute atomic E-state index is 0.0286. The maximum Gasteiger partial charge on any atom is 0.265 e. The van der Waals surface area contributed by atoms with Gasteiger partial charge in [-0.15, -0.1) is 0 Å². The Hall–Kier alpha value is -3.61. The summed E-state index contributed by atoms with van der Waals surface area (Å²) in [7, 11) is 0. The number of rotatable bonds is 6. The Morgan fingerprint density at radius 1 is 1.17 bits per heavy atom. The summed E-state index contributed by atoms with van der Waals surface area (Å²) in [5.74, 6) is 1.04. The van der Waals surface area contributed by atoms with E-state index in [0.717, 1.165) is 16.8 Å². The second-order valence-corrected chi connectivity index (χ2v) is 7.29. The number of nitrogens with zero attached hydrogens (tertiary/aromatic N) is 2. The molecule has 0 saturated heterocycles. The van der Waals surface area contributed by atoms with Crippen LogP contribution >= 0.6 is 0 Å². The maximum absolute atomic E-state index is 12.6. The van der Waals surface area contributed by atoms with Crippen LogP contribution in [0, 0.1) is 13.8 Å². The summed E-state index contributed by atoms with van der Waals surface area (Å²) in [5, 5.41) is 6.88. The van der Waals surface area contributed by atoms with Gasteiger partial charge in [0.05, 0.1) is 17.9 Å². The van der Waals surface area contributed by atoms with Gasteiger partial charge in [-0.05, 0) is 44.0 Å². The molecule has 2 heterocycles. The highest BCUT2D eigenvalue weighted by molar-refractivity contribution is 5.99. The summed E-state index contributed by atoms with van der Waals surface area (Å²) >= 11 is 0. The van der Waals surface area contributed by atoms with E-state index in [-0.39, 0.29) is 18.4 Å². The number of anilines is 2. The number of fused-ring (bicyclic) bond motifs is 1. The third-order valence-electron chi connectivity index (χ3n) is 5.17. The first-order chi connectivity index (χ1) is 14.5. The topological polar surface area (TPSA) is 84.7 Å². The molecule has 0 aliphatic carbocycles. The van der Waals surface area contributed by atoms with Crippen molar-refractivity contribution in [2.45, 2.75) is 33.2 Å². The lowest BCUT2D eigenvalue weighted by atomic mass is 10.1. The van der Waals surface area contributed by atoms with E-state index in [9.17, 15) is 9.59 Å². The molecule has 7 nitrogen and oxygen atoms in total. The molecule has 1 aliphatic rings. The standard InChI is InChI=1S/C23H23N3O4/c1-15-19(16(2)30-25-15)13-26-20-12-18(9-10-21(20)29-14-23(26)28)24-22(27)11-8-17-6-4-3-5-7-17/h3-7,9-10,12H,8,11,13-14H2,1-2H3,(H,24,27). The predicted molar refractivity (Wildman–Crippen MR) is 112 cm³/mol. The van der Waals surface area contributed by atoms with Crippen LogP contribution < -0.4 is 15.0 Å². The van der Waals surface area contributed by atoms with Crippen LogP contribution in [0.1, 0.15) is 29.0 Å². The van der Waals surface area contributed by atoms with E-state index in [0.29, 0.717) is 42.3 Å². The van der Waals surface area contributed by atoms with Crippen molar-refractivity contribution in [1.82, 2.24) is 5.16 Å². The van der Waals surface area contributed by atoms with Gasteiger partial charge in [0.1, 0.15) is 11.5 Å². The van der Waals surface area contributed by atoms with Gasteiger partial charge >= 0.3 is 0 Å². The summed E-state index contributed by atoms with van der Waals surface area (Å²) in [6.45, 7) is 3.98. The zero-order valence-corrected chi connectivity index (χ0v) is 17.0. The molecular formula is C23H23N3O4. The van der Waals surface area contributed by atoms with Crippen molar-refractivity contribution in [2.24, 2.45) is 0 Å². The Bertz CT molecular complexity index is 1060. The van der Waals surface area contributed by atoms with Crippen LogP contribution in [-0.2, 0) is 22.6 Å². The first kappa shape index (κ1) is 19.7. The second kappa shape index (κ2) is 8.41. The number of aryl methyl sites for hydroxylation is 3. The van der Waals surface area contributed by atoms with E-state index >= 15 is 0 Å². The third kappa shape index (κ3) is 4.20. The minimum atomic E-state index is -0.157. The molecule has 0 bridgehead atoms. The Morgan fingerprint density at radius 3 is 2.70 bits per heavy atom. The van der Waals surface area contributed by atoms with Crippen LogP contribution in [0.5, 0.6) is 5.75 Å². The molecule has 3 aromatic rings. The van der Waals surface area contributed by atoms with Gasteiger partial charge in [-0.1, -0.05) is 35.5 Å². The fourth-order valence-corrected chi connectivity index (χ4v) is 3.46. The normalized spacial score (nSPS) is 13.0. The molecule has 2 amide bonds. The van der Waals surface area contributed by atoms with Gasteiger partial charge in [-0.3, -0.25) is 9.59 Å². The van der Waals surface area contributed by atoms with E-state index in [2.05, 4.69) is 10.5 Å². The van der Waals surface area contributed by atoms with Gasteiger partial charge in [0.2, 0.25) is 5.91 Å². The van der Waals surface area contributed by atoms with E-state index in [1.807, 2.05) is 44.2 Å². The van der Waals surface area contributed by atoms with Crippen LogP contribution in [0.2, 0.25) is 0 Å². The molecule has 4 rings (SSSR count). The van der Waals surface area contributed by atoms with E-state index in [1.54, 1.807) is 23.1 Å². The summed E-state index contributed by atoms with van der Waals surface area (Å²) in [6, 6.07) is 15.2. The van der Waals surface area contributed by atoms with E-state index < -0.39 is 0 Å². The van der Waals surface area contributed by atoms with Crippen molar-refractivity contribution >= 4 is 23.2 Å². The van der Waals surface area contributed by atoms with Crippen LogP contribution in [0.3, 0.4) is 0 Å². The van der Waals surface area contributed by atoms with Crippen molar-refractivity contribution in [2.75, 3.05) is 16.8 Å². The largest absolute Gasteiger partial charge is 0.482 e. The highest BCUT2D eigenvalue weighted by Crippen LogP contribution is 2.36. The minimum Gasteiger partial charge on any atom is -0.482 e. The predicted octanol–water partition coefficient (Wildman–Crippen LogP) is 3.79. The van der Waals surface area contributed by atoms with Crippen molar-refractivity contribution in [3.05, 3.63) is 71.1 Å². The maximum atomic E-state index is 12.6. The Kier molecular flexibility index (Phi) is 5.52. The molecule has 2 aromatic carbocycles. The van der Waals surface area contributed by atoms with Gasteiger partial charge in [0.15, 0.2) is 6.61 Å². The van der Waals surface area contributed by atoms with E-state index in [1.165, 1.54) is 0 Å². The van der Waals surface area contributed by atoms with Crippen molar-refractivity contribution in [3.63, 3.8) is 0 Å². The molecule has 0 unspecified atom stereocenters. The average Bonchev–Trinajstić information content (AvgIpc) is 3.07. The first-order valence-corrected chi connectivity index (χ1v) is 9.84. The number of nitrogens with one attached hydrogen (secondary N) is 1. The molecule has 7 heteroatoms. The van der Waals surface area contributed by atoms with Crippen LogP contribution in [0.15, 0.2) is 53.1 Å². The quantitative estimate of drug-likeness (QED) is 0.675. The van der Waals surface area contributed by atoms with Gasteiger partial charge in [0, 0.05) is 17.7 Å². The molecule has 0 fully saturated rings. The molecule has 0 radical (unpaired) electrons. The number of carbonyl (C=O) groups is 2. The van der Waals surface area contributed by atoms with Gasteiger partial charge in [-0.2, -0.15) is 0 Å². The van der Waals surface area contributed by atoms with Crippen molar-refractivity contribution in [1.29, 1.82) is 0 Å². The van der Waals surface area contributed by atoms with Gasteiger partial charge in [0.25, 0.3) is 5.91 Å². The number of hydrogen-bond acceptors (Lipinski definition) is 5. The van der Waals surface area contributed by atoms with E-state index in [4.69, 9.17) is 9.26 Å². The number of carbonyl (C=O) groups excluding carboxylic acids is 2. The smallest absolute Gasteiger partial charge is 0.265 e. The third-order valence-corrected chi connectivity index (χ3v) is 5.17. The molecule has 0 saturated carbocycles. The fourth-order valence-electron chi connectivity index (χ4n) is 3.46. The molecule has 1 aliphatic heterocycles. The zero-order valence-electron chi connectivity index (χ0n) is 17.0. The molecule has 30 heavy (non-hydrogen) atoms. The second-order valence-electron chi connectivity index (χ2n) is 7.29. The van der Waals surface area contributed by atoms with Crippen molar-refractivity contribution in [3.8, 4) is 5.75 Å². The fraction of sp³-hybridized carbons (Fsp3) is 0.261.